The van der Waals surface area contributed by atoms with E-state index in [-0.39, 0.29) is 18.9 Å². The second kappa shape index (κ2) is 7.37. The molecular formula is C12H12LiO3P. The van der Waals surface area contributed by atoms with E-state index in [0.29, 0.717) is 11.5 Å². The van der Waals surface area contributed by atoms with Crippen LogP contribution in [-0.4, -0.2) is 23.8 Å². The van der Waals surface area contributed by atoms with Crippen LogP contribution in [0.5, 0.6) is 11.5 Å². The Morgan fingerprint density at radius 1 is 0.706 bits per heavy atom. The summed E-state index contributed by atoms with van der Waals surface area (Å²) < 4.78 is 10.4. The van der Waals surface area contributed by atoms with Crippen LogP contribution in [0.15, 0.2) is 60.7 Å². The Hall–Kier alpha value is -0.973. The zero-order valence-corrected chi connectivity index (χ0v) is 9.38. The topological polar surface area (TPSA) is 38.7 Å². The van der Waals surface area contributed by atoms with Gasteiger partial charge < -0.3 is 13.9 Å². The Morgan fingerprint density at radius 3 is 1.41 bits per heavy atom. The Bertz CT molecular complexity index is 383. The first-order valence-electron chi connectivity index (χ1n) is 4.79. The first-order chi connectivity index (χ1) is 7.84. The molecule has 0 saturated heterocycles. The molecule has 5 heteroatoms. The molecule has 0 aliphatic rings. The minimum absolute atomic E-state index is 0. The summed E-state index contributed by atoms with van der Waals surface area (Å²) in [6, 6.07) is 18.2. The molecule has 3 nitrogen and oxygen atoms in total. The van der Waals surface area contributed by atoms with E-state index in [1.54, 1.807) is 24.3 Å². The predicted octanol–water partition coefficient (Wildman–Crippen LogP) is 2.72. The predicted molar refractivity (Wildman–Crippen MR) is 70.4 cm³/mol. The van der Waals surface area contributed by atoms with Gasteiger partial charge in [0, 0.05) is 0 Å². The summed E-state index contributed by atoms with van der Waals surface area (Å²) in [5.74, 6) is 1.18. The van der Waals surface area contributed by atoms with Crippen molar-refractivity contribution in [1.29, 1.82) is 0 Å². The molecule has 0 atom stereocenters. The number of rotatable bonds is 4. The first kappa shape index (κ1) is 14.1. The fourth-order valence-electron chi connectivity index (χ4n) is 1.16. The number of para-hydroxylation sites is 2. The van der Waals surface area contributed by atoms with E-state index in [2.05, 4.69) is 0 Å². The van der Waals surface area contributed by atoms with Crippen molar-refractivity contribution >= 4 is 27.5 Å². The molecule has 84 valence electrons. The summed E-state index contributed by atoms with van der Waals surface area (Å²) in [4.78, 5) is 9.58. The van der Waals surface area contributed by atoms with Gasteiger partial charge in [-0.3, -0.25) is 0 Å². The van der Waals surface area contributed by atoms with Gasteiger partial charge in [0.15, 0.2) is 0 Å². The number of hydrogen-bond acceptors (Lipinski definition) is 3. The first-order valence-corrected chi connectivity index (χ1v) is 5.93. The zero-order valence-electron chi connectivity index (χ0n) is 8.48. The van der Waals surface area contributed by atoms with Crippen molar-refractivity contribution in [2.75, 3.05) is 0 Å². The monoisotopic (exact) mass is 242 g/mol. The van der Waals surface area contributed by atoms with Crippen molar-refractivity contribution < 1.29 is 13.9 Å². The van der Waals surface area contributed by atoms with Crippen LogP contribution < -0.4 is 9.05 Å². The second-order valence-electron chi connectivity index (χ2n) is 3.05. The van der Waals surface area contributed by atoms with Gasteiger partial charge in [-0.15, -0.1) is 0 Å². The third kappa shape index (κ3) is 4.81. The van der Waals surface area contributed by atoms with E-state index in [1.165, 1.54) is 0 Å². The quantitative estimate of drug-likeness (QED) is 0.661. The fraction of sp³-hybridized carbons (Fsp3) is 0. The minimum atomic E-state index is -1.93. The van der Waals surface area contributed by atoms with Gasteiger partial charge in [-0.05, 0) is 24.3 Å². The Kier molecular flexibility index (Phi) is 6.11. The van der Waals surface area contributed by atoms with Gasteiger partial charge in [0.1, 0.15) is 11.5 Å². The molecule has 0 saturated carbocycles. The van der Waals surface area contributed by atoms with Crippen molar-refractivity contribution in [3.8, 4) is 11.5 Å². The average Bonchev–Trinajstić information content (AvgIpc) is 2.31. The standard InChI is InChI=1S/C12H11O3P.Li.H/c13-16(14-11-7-3-1-4-8-11)15-12-9-5-2-6-10-12;;/h1-10,13H;;. The van der Waals surface area contributed by atoms with Gasteiger partial charge in [-0.2, -0.15) is 0 Å². The van der Waals surface area contributed by atoms with E-state index in [9.17, 15) is 4.89 Å². The van der Waals surface area contributed by atoms with Crippen LogP contribution in [0.25, 0.3) is 0 Å². The molecule has 17 heavy (non-hydrogen) atoms. The van der Waals surface area contributed by atoms with E-state index in [1.807, 2.05) is 36.4 Å². The molecule has 0 heterocycles. The Balaban J connectivity index is 0.00000144. The molecule has 1 N–H and O–H groups in total. The van der Waals surface area contributed by atoms with Crippen LogP contribution in [0.1, 0.15) is 0 Å². The van der Waals surface area contributed by atoms with Gasteiger partial charge in [-0.1, -0.05) is 36.4 Å². The third-order valence-corrected chi connectivity index (χ3v) is 2.59. The van der Waals surface area contributed by atoms with Crippen LogP contribution in [-0.2, 0) is 0 Å². The second-order valence-corrected chi connectivity index (χ2v) is 3.89. The van der Waals surface area contributed by atoms with Crippen molar-refractivity contribution in [2.24, 2.45) is 0 Å². The van der Waals surface area contributed by atoms with Crippen molar-refractivity contribution in [1.82, 2.24) is 0 Å². The fourth-order valence-corrected chi connectivity index (χ4v) is 1.80. The maximum absolute atomic E-state index is 9.58. The zero-order chi connectivity index (χ0) is 11.2. The van der Waals surface area contributed by atoms with Crippen LogP contribution >= 0.6 is 8.60 Å². The van der Waals surface area contributed by atoms with Gasteiger partial charge in [-0.25, -0.2) is 0 Å². The molecule has 0 fully saturated rings. The summed E-state index contributed by atoms with van der Waals surface area (Å²) >= 11 is 0. The van der Waals surface area contributed by atoms with Gasteiger partial charge in [0.2, 0.25) is 0 Å². The van der Waals surface area contributed by atoms with Crippen molar-refractivity contribution in [3.05, 3.63) is 60.7 Å². The molecule has 2 rings (SSSR count). The van der Waals surface area contributed by atoms with Crippen LogP contribution in [0, 0.1) is 0 Å². The Labute approximate surface area is 114 Å². The Morgan fingerprint density at radius 2 is 1.06 bits per heavy atom. The van der Waals surface area contributed by atoms with Crippen molar-refractivity contribution in [3.63, 3.8) is 0 Å². The van der Waals surface area contributed by atoms with Crippen LogP contribution in [0.2, 0.25) is 0 Å². The SMILES string of the molecule is OP(Oc1ccccc1)Oc1ccccc1.[LiH]. The van der Waals surface area contributed by atoms with Gasteiger partial charge in [0.05, 0.1) is 0 Å². The molecule has 0 aliphatic heterocycles. The molecule has 0 aromatic heterocycles. The maximum atomic E-state index is 9.58. The normalized spacial score (nSPS) is 9.53. The molecular weight excluding hydrogens is 230 g/mol. The molecule has 0 aliphatic carbocycles. The van der Waals surface area contributed by atoms with Gasteiger partial charge in [0.25, 0.3) is 0 Å². The van der Waals surface area contributed by atoms with Crippen LogP contribution in [0.3, 0.4) is 0 Å². The van der Waals surface area contributed by atoms with E-state index >= 15 is 0 Å². The van der Waals surface area contributed by atoms with Gasteiger partial charge >= 0.3 is 27.5 Å². The molecule has 2 aromatic rings. The van der Waals surface area contributed by atoms with E-state index in [4.69, 9.17) is 9.05 Å². The summed E-state index contributed by atoms with van der Waals surface area (Å²) in [6.07, 6.45) is 0. The summed E-state index contributed by atoms with van der Waals surface area (Å²) in [7, 11) is -1.93. The molecule has 0 spiro atoms. The third-order valence-electron chi connectivity index (χ3n) is 1.85. The molecule has 0 amide bonds. The number of benzene rings is 2. The van der Waals surface area contributed by atoms with E-state index in [0.717, 1.165) is 0 Å². The molecule has 0 unspecified atom stereocenters. The number of hydrogen-bond donors (Lipinski definition) is 1. The molecule has 2 aromatic carbocycles. The van der Waals surface area contributed by atoms with E-state index < -0.39 is 8.60 Å². The summed E-state index contributed by atoms with van der Waals surface area (Å²) in [6.45, 7) is 0. The average molecular weight is 242 g/mol. The molecule has 0 radical (unpaired) electrons. The molecule has 0 bridgehead atoms. The summed E-state index contributed by atoms with van der Waals surface area (Å²) in [5.41, 5.74) is 0. The summed E-state index contributed by atoms with van der Waals surface area (Å²) in [5, 5.41) is 0. The van der Waals surface area contributed by atoms with Crippen molar-refractivity contribution in [2.45, 2.75) is 0 Å². The van der Waals surface area contributed by atoms with Crippen LogP contribution in [0.4, 0.5) is 0 Å².